The topological polar surface area (TPSA) is 64.2 Å². The van der Waals surface area contributed by atoms with Crippen LogP contribution in [0.2, 0.25) is 0 Å². The molecular weight excluding hydrogens is 176 g/mol. The van der Waals surface area contributed by atoms with E-state index in [9.17, 15) is 0 Å². The molecular formula is C10H16N4. The third-order valence-corrected chi connectivity index (χ3v) is 1.78. The van der Waals surface area contributed by atoms with E-state index in [1.165, 1.54) is 0 Å². The number of hydrogen-bond donors (Lipinski definition) is 1. The van der Waals surface area contributed by atoms with Crippen LogP contribution in [0, 0.1) is 6.92 Å². The summed E-state index contributed by atoms with van der Waals surface area (Å²) in [6.45, 7) is 4.50. The second kappa shape index (κ2) is 5.32. The van der Waals surface area contributed by atoms with Gasteiger partial charge in [-0.3, -0.25) is 4.99 Å². The lowest BCUT2D eigenvalue weighted by molar-refractivity contribution is 0.905. The van der Waals surface area contributed by atoms with Crippen molar-refractivity contribution >= 4 is 5.84 Å². The average molecular weight is 192 g/mol. The fourth-order valence-electron chi connectivity index (χ4n) is 1.11. The molecule has 1 heterocycles. The highest BCUT2D eigenvalue weighted by molar-refractivity contribution is 5.80. The van der Waals surface area contributed by atoms with Crippen LogP contribution in [0.4, 0.5) is 0 Å². The molecule has 2 N–H and O–H groups in total. The van der Waals surface area contributed by atoms with E-state index in [1.54, 1.807) is 6.20 Å². The van der Waals surface area contributed by atoms with Crippen LogP contribution in [-0.4, -0.2) is 15.8 Å². The van der Waals surface area contributed by atoms with Crippen LogP contribution < -0.4 is 5.73 Å². The zero-order chi connectivity index (χ0) is 10.4. The second-order valence-corrected chi connectivity index (χ2v) is 3.15. The van der Waals surface area contributed by atoms with Gasteiger partial charge in [0.15, 0.2) is 0 Å². The molecule has 1 aromatic rings. The summed E-state index contributed by atoms with van der Waals surface area (Å²) in [6.07, 6.45) is 3.62. The highest BCUT2D eigenvalue weighted by Gasteiger charge is 1.95. The molecule has 4 nitrogen and oxygen atoms in total. The molecule has 0 atom stereocenters. The molecule has 0 radical (unpaired) electrons. The SMILES string of the molecule is CCCC(N)=NCc1ccnc(C)n1. The second-order valence-electron chi connectivity index (χ2n) is 3.15. The normalized spacial score (nSPS) is 11.7. The maximum absolute atomic E-state index is 5.68. The van der Waals surface area contributed by atoms with Crippen molar-refractivity contribution < 1.29 is 0 Å². The molecule has 0 spiro atoms. The zero-order valence-electron chi connectivity index (χ0n) is 8.70. The predicted molar refractivity (Wildman–Crippen MR) is 57.0 cm³/mol. The minimum Gasteiger partial charge on any atom is -0.387 e. The van der Waals surface area contributed by atoms with Crippen LogP contribution in [0.25, 0.3) is 0 Å². The number of rotatable bonds is 4. The highest BCUT2D eigenvalue weighted by atomic mass is 14.9. The predicted octanol–water partition coefficient (Wildman–Crippen LogP) is 1.44. The molecule has 0 aromatic carbocycles. The van der Waals surface area contributed by atoms with E-state index in [0.717, 1.165) is 24.4 Å². The monoisotopic (exact) mass is 192 g/mol. The van der Waals surface area contributed by atoms with Crippen molar-refractivity contribution in [2.75, 3.05) is 0 Å². The number of hydrogen-bond acceptors (Lipinski definition) is 3. The molecule has 0 fully saturated rings. The molecule has 76 valence electrons. The summed E-state index contributed by atoms with van der Waals surface area (Å²) in [5.74, 6) is 1.47. The maximum Gasteiger partial charge on any atom is 0.125 e. The Hall–Kier alpha value is -1.45. The first-order chi connectivity index (χ1) is 6.72. The van der Waals surface area contributed by atoms with Crippen LogP contribution in [0.3, 0.4) is 0 Å². The van der Waals surface area contributed by atoms with Gasteiger partial charge < -0.3 is 5.73 Å². The third kappa shape index (κ3) is 3.51. The summed E-state index contributed by atoms with van der Waals surface area (Å²) in [7, 11) is 0. The Balaban J connectivity index is 2.57. The summed E-state index contributed by atoms with van der Waals surface area (Å²) in [5, 5.41) is 0. The summed E-state index contributed by atoms with van der Waals surface area (Å²) in [6, 6.07) is 1.86. The highest BCUT2D eigenvalue weighted by Crippen LogP contribution is 1.97. The van der Waals surface area contributed by atoms with Crippen LogP contribution in [-0.2, 0) is 6.54 Å². The van der Waals surface area contributed by atoms with Crippen molar-refractivity contribution in [2.24, 2.45) is 10.7 Å². The zero-order valence-corrected chi connectivity index (χ0v) is 8.70. The van der Waals surface area contributed by atoms with Gasteiger partial charge in [-0.25, -0.2) is 9.97 Å². The molecule has 0 amide bonds. The number of amidine groups is 1. The van der Waals surface area contributed by atoms with Gasteiger partial charge in [0.05, 0.1) is 18.1 Å². The Morgan fingerprint density at radius 3 is 3.00 bits per heavy atom. The summed E-state index contributed by atoms with van der Waals surface area (Å²) < 4.78 is 0. The molecule has 1 rings (SSSR count). The third-order valence-electron chi connectivity index (χ3n) is 1.78. The van der Waals surface area contributed by atoms with Gasteiger partial charge in [0.2, 0.25) is 0 Å². The first-order valence-corrected chi connectivity index (χ1v) is 4.79. The quantitative estimate of drug-likeness (QED) is 0.580. The Bertz CT molecular complexity index is 320. The van der Waals surface area contributed by atoms with Gasteiger partial charge >= 0.3 is 0 Å². The van der Waals surface area contributed by atoms with Gasteiger partial charge in [-0.1, -0.05) is 6.92 Å². The maximum atomic E-state index is 5.68. The van der Waals surface area contributed by atoms with Crippen molar-refractivity contribution in [1.29, 1.82) is 0 Å². The lowest BCUT2D eigenvalue weighted by Gasteiger charge is -1.99. The lowest BCUT2D eigenvalue weighted by atomic mass is 10.3. The molecule has 4 heteroatoms. The Morgan fingerprint density at radius 2 is 2.36 bits per heavy atom. The molecule has 0 saturated carbocycles. The van der Waals surface area contributed by atoms with E-state index >= 15 is 0 Å². The molecule has 0 aliphatic heterocycles. The van der Waals surface area contributed by atoms with E-state index < -0.39 is 0 Å². The van der Waals surface area contributed by atoms with Crippen molar-refractivity contribution in [2.45, 2.75) is 33.2 Å². The number of aliphatic imine (C=N–C) groups is 1. The van der Waals surface area contributed by atoms with E-state index in [4.69, 9.17) is 5.73 Å². The molecule has 0 aliphatic rings. The largest absolute Gasteiger partial charge is 0.387 e. The molecule has 0 unspecified atom stereocenters. The molecule has 14 heavy (non-hydrogen) atoms. The Morgan fingerprint density at radius 1 is 1.57 bits per heavy atom. The van der Waals surface area contributed by atoms with E-state index in [1.807, 2.05) is 13.0 Å². The summed E-state index contributed by atoms with van der Waals surface area (Å²) in [5.41, 5.74) is 6.59. The number of aryl methyl sites for hydroxylation is 1. The Kier molecular flexibility index (Phi) is 4.04. The fraction of sp³-hybridized carbons (Fsp3) is 0.500. The number of aromatic nitrogens is 2. The molecule has 1 aromatic heterocycles. The van der Waals surface area contributed by atoms with Crippen LogP contribution in [0.15, 0.2) is 17.3 Å². The summed E-state index contributed by atoms with van der Waals surface area (Å²) >= 11 is 0. The molecule has 0 aliphatic carbocycles. The van der Waals surface area contributed by atoms with Crippen LogP contribution >= 0.6 is 0 Å². The number of nitrogens with zero attached hydrogens (tertiary/aromatic N) is 3. The van der Waals surface area contributed by atoms with Gasteiger partial charge in [-0.2, -0.15) is 0 Å². The van der Waals surface area contributed by atoms with Gasteiger partial charge in [-0.15, -0.1) is 0 Å². The van der Waals surface area contributed by atoms with Gasteiger partial charge in [0.1, 0.15) is 5.82 Å². The molecule has 0 saturated heterocycles. The fourth-order valence-corrected chi connectivity index (χ4v) is 1.11. The molecule has 0 bridgehead atoms. The van der Waals surface area contributed by atoms with Crippen LogP contribution in [0.5, 0.6) is 0 Å². The lowest BCUT2D eigenvalue weighted by Crippen LogP contribution is -2.11. The van der Waals surface area contributed by atoms with Crippen molar-refractivity contribution in [3.63, 3.8) is 0 Å². The first kappa shape index (κ1) is 10.6. The van der Waals surface area contributed by atoms with E-state index in [2.05, 4.69) is 21.9 Å². The summed E-state index contributed by atoms with van der Waals surface area (Å²) in [4.78, 5) is 12.5. The Labute approximate surface area is 84.3 Å². The van der Waals surface area contributed by atoms with E-state index in [0.29, 0.717) is 12.4 Å². The number of nitrogens with two attached hydrogens (primary N) is 1. The van der Waals surface area contributed by atoms with E-state index in [-0.39, 0.29) is 0 Å². The minimum atomic E-state index is 0.551. The standard InChI is InChI=1S/C10H16N4/c1-3-4-10(11)13-7-9-5-6-12-8(2)14-9/h5-6H,3-4,7H2,1-2H3,(H2,11,13). The van der Waals surface area contributed by atoms with Crippen molar-refractivity contribution in [3.05, 3.63) is 23.8 Å². The van der Waals surface area contributed by atoms with Crippen LogP contribution in [0.1, 0.15) is 31.3 Å². The first-order valence-electron chi connectivity index (χ1n) is 4.79. The van der Waals surface area contributed by atoms with Gasteiger partial charge in [0.25, 0.3) is 0 Å². The van der Waals surface area contributed by atoms with Gasteiger partial charge in [-0.05, 0) is 19.4 Å². The van der Waals surface area contributed by atoms with Crippen molar-refractivity contribution in [3.8, 4) is 0 Å². The van der Waals surface area contributed by atoms with Gasteiger partial charge in [0, 0.05) is 12.6 Å². The smallest absolute Gasteiger partial charge is 0.125 e. The van der Waals surface area contributed by atoms with Crippen molar-refractivity contribution in [1.82, 2.24) is 9.97 Å². The average Bonchev–Trinajstić information content (AvgIpc) is 2.15. The minimum absolute atomic E-state index is 0.551.